The molecule has 0 spiro atoms. The van der Waals surface area contributed by atoms with Gasteiger partial charge in [-0.3, -0.25) is 4.79 Å². The van der Waals surface area contributed by atoms with Gasteiger partial charge in [0.05, 0.1) is 89.1 Å². The van der Waals surface area contributed by atoms with Crippen molar-refractivity contribution in [2.45, 2.75) is 293 Å². The predicted octanol–water partition coefficient (Wildman–Crippen LogP) is 12.1. The van der Waals surface area contributed by atoms with Crippen molar-refractivity contribution in [2.24, 2.45) is 57.2 Å². The molecular formula is C96H112O30. The molecule has 20 aliphatic rings. The lowest BCUT2D eigenvalue weighted by molar-refractivity contribution is -0.153. The Bertz CT molecular complexity index is 5040. The number of aliphatic hydroxyl groups excluding tert-OH is 2. The summed E-state index contributed by atoms with van der Waals surface area (Å²) in [6.45, 7) is 29.1. The molecule has 19 atom stereocenters. The van der Waals surface area contributed by atoms with Crippen LogP contribution in [-0.4, -0.2) is 162 Å². The van der Waals surface area contributed by atoms with E-state index in [1.54, 1.807) is 65.0 Å². The van der Waals surface area contributed by atoms with E-state index in [0.29, 0.717) is 61.6 Å². The molecule has 0 unspecified atom stereocenters. The van der Waals surface area contributed by atoms with Crippen LogP contribution in [0.2, 0.25) is 0 Å². The summed E-state index contributed by atoms with van der Waals surface area (Å²) >= 11 is 0. The summed E-state index contributed by atoms with van der Waals surface area (Å²) in [6.07, 6.45) is 24.1. The van der Waals surface area contributed by atoms with Gasteiger partial charge in [-0.25, -0.2) is 47.9 Å². The molecule has 0 amide bonds. The molecule has 30 nitrogen and oxygen atoms in total. The molecule has 126 heavy (non-hydrogen) atoms. The second-order valence-corrected chi connectivity index (χ2v) is 38.5. The minimum absolute atomic E-state index is 0. The number of carbonyl (C=O) groups is 11. The standard InChI is InChI=1S/C21H24O7.2C19H22O6.C19H22O5.C18H20O5.H2O/c1-10-8-14(27-19(10)23)25-9-13-15-17(26-11(2)22)12-6-5-7-21(3,4)16(12)18(15)28-20(13)24;2*1-9-7-12(24-17(9)21)23-8-11-13-15(20)10-5-4-6-19(2,3)14(10)16(13)25-18(11)22;1-10-7-14(23-17(10)20)22-9-13-12-8-11-5-4-6-19(2,3)15(11)16(12)24-18(13)21;1-9-4-3-5-11-7-12-13(18(20)23-16(12)15(9)11)8-21-14-6-10(2)17(19)22-14;/h8-9,14-15,17-18H,5-7H2,1-4H3;2*7-8,12-13,15-16,20H,4-6H2,1-3H3;7,9,12,14,16H,4-6,8H2,1-3H3;6,8-9,12,14,16H,3-5,7H2,1-2H3;1H2/b13-9+;2*11-8+;13-9+;13-8+;/t14-,15+,17-,18+;12-,13+,15-,16+;12-,13-,15+,16-;12-,14-,16+;9-,12+,14+,16-;/m11010./s1. The van der Waals surface area contributed by atoms with Crippen LogP contribution in [-0.2, 0) is 129 Å². The van der Waals surface area contributed by atoms with Crippen molar-refractivity contribution in [1.82, 2.24) is 0 Å². The molecule has 676 valence electrons. The molecule has 0 aromatic rings. The first-order valence-electron chi connectivity index (χ1n) is 43.7. The lowest BCUT2D eigenvalue weighted by Crippen LogP contribution is -2.29. The average Bonchev–Trinajstić information content (AvgIpc) is 1.57. The quantitative estimate of drug-likeness (QED) is 0.0638. The molecule has 10 heterocycles. The molecular weight excluding hydrogens is 1630 g/mol. The first kappa shape index (κ1) is 90.0. The van der Waals surface area contributed by atoms with Crippen LogP contribution in [0.15, 0.2) is 173 Å². The minimum atomic E-state index is -0.876. The summed E-state index contributed by atoms with van der Waals surface area (Å²) in [5.74, 6) is -5.34. The monoisotopic (exact) mass is 1740 g/mol. The molecule has 0 bridgehead atoms. The Morgan fingerprint density at radius 2 is 0.659 bits per heavy atom. The molecule has 30 heteroatoms. The van der Waals surface area contributed by atoms with Gasteiger partial charge in [0.25, 0.3) is 31.5 Å². The minimum Gasteiger partial charge on any atom is -0.458 e. The van der Waals surface area contributed by atoms with Gasteiger partial charge in [-0.05, 0) is 216 Å². The highest BCUT2D eigenvalue weighted by atomic mass is 16.7. The van der Waals surface area contributed by atoms with Gasteiger partial charge in [0.15, 0.2) is 0 Å². The highest BCUT2D eigenvalue weighted by molar-refractivity contribution is 5.97. The van der Waals surface area contributed by atoms with Crippen LogP contribution in [0.4, 0.5) is 0 Å². The fourth-order valence-corrected chi connectivity index (χ4v) is 22.4. The second-order valence-electron chi connectivity index (χ2n) is 38.5. The maximum absolute atomic E-state index is 12.6. The third-order valence-electron chi connectivity index (χ3n) is 28.4. The van der Waals surface area contributed by atoms with Gasteiger partial charge >= 0.3 is 65.7 Å². The van der Waals surface area contributed by atoms with Crippen LogP contribution >= 0.6 is 0 Å². The van der Waals surface area contributed by atoms with E-state index < -0.39 is 128 Å². The van der Waals surface area contributed by atoms with E-state index in [2.05, 4.69) is 62.3 Å². The number of carbonyl (C=O) groups excluding carboxylic acids is 11. The van der Waals surface area contributed by atoms with E-state index in [1.807, 2.05) is 0 Å². The van der Waals surface area contributed by atoms with Gasteiger partial charge < -0.3 is 91.5 Å². The van der Waals surface area contributed by atoms with Crippen LogP contribution in [0.25, 0.3) is 0 Å². The largest absolute Gasteiger partial charge is 0.458 e. The maximum Gasteiger partial charge on any atom is 0.338 e. The Morgan fingerprint density at radius 3 is 1.03 bits per heavy atom. The number of rotatable bonds is 11. The van der Waals surface area contributed by atoms with E-state index in [-0.39, 0.29) is 75.1 Å². The van der Waals surface area contributed by atoms with Gasteiger partial charge in [-0.15, -0.1) is 0 Å². The van der Waals surface area contributed by atoms with Gasteiger partial charge in [0, 0.05) is 77.0 Å². The van der Waals surface area contributed by atoms with Gasteiger partial charge in [0.1, 0.15) is 36.6 Å². The fraction of sp³-hybridized carbons (Fsp3) is 0.573. The number of cyclic esters (lactones) is 5. The molecule has 0 aromatic carbocycles. The molecule has 0 radical (unpaired) electrons. The molecule has 20 rings (SSSR count). The van der Waals surface area contributed by atoms with Crippen molar-refractivity contribution in [3.8, 4) is 0 Å². The molecule has 0 saturated carbocycles. The fourth-order valence-electron chi connectivity index (χ4n) is 22.4. The first-order valence-corrected chi connectivity index (χ1v) is 43.7. The molecule has 10 aliphatic heterocycles. The summed E-state index contributed by atoms with van der Waals surface area (Å²) in [5, 5.41) is 21.6. The Hall–Kier alpha value is -10.9. The number of hydrogen-bond donors (Lipinski definition) is 2. The predicted molar refractivity (Wildman–Crippen MR) is 440 cm³/mol. The third kappa shape index (κ3) is 16.7. The van der Waals surface area contributed by atoms with E-state index in [9.17, 15) is 63.0 Å². The Morgan fingerprint density at radius 1 is 0.365 bits per heavy atom. The zero-order chi connectivity index (χ0) is 89.3. The van der Waals surface area contributed by atoms with Crippen molar-refractivity contribution < 1.29 is 144 Å². The average molecular weight is 1750 g/mol. The second kappa shape index (κ2) is 34.4. The third-order valence-corrected chi connectivity index (χ3v) is 28.4. The van der Waals surface area contributed by atoms with Gasteiger partial charge in [0.2, 0.25) is 0 Å². The van der Waals surface area contributed by atoms with E-state index in [4.69, 9.17) is 75.8 Å². The highest BCUT2D eigenvalue weighted by Gasteiger charge is 2.62. The van der Waals surface area contributed by atoms with Crippen molar-refractivity contribution in [3.05, 3.63) is 173 Å². The zero-order valence-corrected chi connectivity index (χ0v) is 73.7. The molecule has 10 aliphatic carbocycles. The highest BCUT2D eigenvalue weighted by Crippen LogP contribution is 2.61. The number of allylic oxidation sites excluding steroid dienone is 2. The summed E-state index contributed by atoms with van der Waals surface area (Å²) in [4.78, 5) is 130. The Balaban J connectivity index is 0.000000121. The molecule has 0 aromatic heterocycles. The number of fused-ring (bicyclic) bond motifs is 10. The van der Waals surface area contributed by atoms with Crippen molar-refractivity contribution >= 4 is 65.7 Å². The van der Waals surface area contributed by atoms with Crippen LogP contribution in [0.5, 0.6) is 0 Å². The number of ether oxygens (including phenoxy) is 16. The molecule has 4 N–H and O–H groups in total. The lowest BCUT2D eigenvalue weighted by Gasteiger charge is -2.34. The van der Waals surface area contributed by atoms with Crippen LogP contribution < -0.4 is 0 Å². The Labute approximate surface area is 730 Å². The molecule has 5 fully saturated rings. The summed E-state index contributed by atoms with van der Waals surface area (Å²) < 4.78 is 86.5. The van der Waals surface area contributed by atoms with Crippen LogP contribution in [0, 0.1) is 57.2 Å². The zero-order valence-electron chi connectivity index (χ0n) is 73.7. The molecule has 5 saturated heterocycles. The first-order chi connectivity index (χ1) is 59.2. The topological polar surface area (TPSA) is 407 Å². The van der Waals surface area contributed by atoms with E-state index in [1.165, 1.54) is 73.4 Å². The van der Waals surface area contributed by atoms with Crippen LogP contribution in [0.3, 0.4) is 0 Å². The smallest absolute Gasteiger partial charge is 0.338 e. The summed E-state index contributed by atoms with van der Waals surface area (Å²) in [7, 11) is 0. The number of aliphatic hydroxyl groups is 2. The van der Waals surface area contributed by atoms with Gasteiger partial charge in [-0.2, -0.15) is 0 Å². The van der Waals surface area contributed by atoms with Crippen molar-refractivity contribution in [2.75, 3.05) is 0 Å². The summed E-state index contributed by atoms with van der Waals surface area (Å²) in [6, 6.07) is 0. The van der Waals surface area contributed by atoms with E-state index in [0.717, 1.165) is 130 Å². The van der Waals surface area contributed by atoms with Crippen LogP contribution in [0.1, 0.15) is 213 Å². The van der Waals surface area contributed by atoms with Gasteiger partial charge in [-0.1, -0.05) is 73.5 Å². The Kier molecular flexibility index (Phi) is 24.6. The van der Waals surface area contributed by atoms with Crippen molar-refractivity contribution in [1.29, 1.82) is 0 Å². The maximum atomic E-state index is 12.6. The number of esters is 11. The van der Waals surface area contributed by atoms with E-state index >= 15 is 0 Å². The number of hydrogen-bond acceptors (Lipinski definition) is 29. The normalized spacial score (nSPS) is 36.2. The van der Waals surface area contributed by atoms with Crippen molar-refractivity contribution in [3.63, 3.8) is 0 Å². The summed E-state index contributed by atoms with van der Waals surface area (Å²) in [5.41, 5.74) is 16.0. The lowest BCUT2D eigenvalue weighted by atomic mass is 9.72. The SMILES string of the molecule is CC(=O)O[C@@H]1C2=C([C@H]3OC(=O)/C(=C/O[C@H]4C=C(C)C(=O)O4)[C@@H]13)C(C)(C)CCC2.CC1=C[C@@H](O/C=C2/C(=O)O[C@@H]3C4=C(CCCC4(C)C)[C@@H](O)[C@H]23)OC1=O.CC1=C[C@H](O/C=C2/C(=O)O[C@@H]3C4=C(CCCC4(C)C)C[C@H]23)OC1=O.CC1=C[C@H](O/C=C2/C(=O)O[C@@H]3C4=C(CCCC4(C)C)[C@@H](O)[C@H]23)OC1=O.CC1=C[C@H](O/C=C2/C(=O)O[C@@H]3C4=C(CCC[C@@H]4C)C[C@H]23)OC1=O.O.